The minimum Gasteiger partial charge on any atom is -0.460 e. The maximum Gasteiger partial charge on any atom is 0.338 e. The lowest BCUT2D eigenvalue weighted by atomic mass is 9.93. The normalized spacial score (nSPS) is 16.9. The van der Waals surface area contributed by atoms with E-state index in [4.69, 9.17) is 21.7 Å². The Morgan fingerprint density at radius 2 is 1.97 bits per heavy atom. The molecule has 2 rings (SSSR count). The zero-order valence-corrected chi connectivity index (χ0v) is 19.3. The molecule has 1 aliphatic heterocycles. The molecule has 1 aromatic rings. The van der Waals surface area contributed by atoms with Crippen molar-refractivity contribution in [3.05, 3.63) is 41.1 Å². The maximum atomic E-state index is 12.9. The van der Waals surface area contributed by atoms with Crippen molar-refractivity contribution < 1.29 is 19.1 Å². The van der Waals surface area contributed by atoms with Crippen LogP contribution in [0.25, 0.3) is 0 Å². The molecule has 0 aromatic heterocycles. The monoisotopic (exact) mass is 433 g/mol. The number of esters is 1. The van der Waals surface area contributed by atoms with Crippen LogP contribution in [0.3, 0.4) is 0 Å². The summed E-state index contributed by atoms with van der Waals surface area (Å²) < 4.78 is 10.4. The molecule has 30 heavy (non-hydrogen) atoms. The van der Waals surface area contributed by atoms with Gasteiger partial charge in [-0.05, 0) is 43.8 Å². The molecule has 1 aromatic carbocycles. The van der Waals surface area contributed by atoms with E-state index in [1.807, 2.05) is 63.8 Å². The van der Waals surface area contributed by atoms with Gasteiger partial charge in [-0.1, -0.05) is 32.9 Å². The van der Waals surface area contributed by atoms with Crippen LogP contribution in [0, 0.1) is 5.41 Å². The number of allylic oxidation sites excluding steroid dienone is 1. The lowest BCUT2D eigenvalue weighted by molar-refractivity contribution is -0.140. The average Bonchev–Trinajstić information content (AvgIpc) is 2.67. The van der Waals surface area contributed by atoms with Gasteiger partial charge in [0.2, 0.25) is 5.91 Å². The first-order chi connectivity index (χ1) is 14.1. The molecule has 0 bridgehead atoms. The molecule has 0 spiro atoms. The second-order valence-electron chi connectivity index (χ2n) is 8.08. The third kappa shape index (κ3) is 5.58. The highest BCUT2D eigenvalue weighted by Gasteiger charge is 2.34. The molecule has 2 N–H and O–H groups in total. The zero-order valence-electron chi connectivity index (χ0n) is 18.5. The Balaban J connectivity index is 2.40. The number of methoxy groups -OCH3 is 1. The molecule has 164 valence electrons. The second kappa shape index (κ2) is 10.0. The Bertz CT molecular complexity index is 845. The van der Waals surface area contributed by atoms with Gasteiger partial charge in [0.25, 0.3) is 0 Å². The summed E-state index contributed by atoms with van der Waals surface area (Å²) in [7, 11) is 1.55. The lowest BCUT2D eigenvalue weighted by Gasteiger charge is -2.37. The molecule has 0 unspecified atom stereocenters. The quantitative estimate of drug-likeness (QED) is 0.388. The van der Waals surface area contributed by atoms with Crippen molar-refractivity contribution in [2.75, 3.05) is 32.2 Å². The summed E-state index contributed by atoms with van der Waals surface area (Å²) in [5.41, 5.74) is 2.18. The van der Waals surface area contributed by atoms with E-state index in [1.165, 1.54) is 0 Å². The van der Waals surface area contributed by atoms with Gasteiger partial charge in [0.15, 0.2) is 5.11 Å². The summed E-state index contributed by atoms with van der Waals surface area (Å²) in [6.45, 7) is 10.5. The predicted octanol–water partition coefficient (Wildman–Crippen LogP) is 3.39. The van der Waals surface area contributed by atoms with Gasteiger partial charge >= 0.3 is 5.97 Å². The van der Waals surface area contributed by atoms with Crippen LogP contribution in [0.1, 0.15) is 46.2 Å². The summed E-state index contributed by atoms with van der Waals surface area (Å²) in [6.07, 6.45) is 0. The van der Waals surface area contributed by atoms with E-state index in [9.17, 15) is 9.59 Å². The van der Waals surface area contributed by atoms with Crippen molar-refractivity contribution in [3.63, 3.8) is 0 Å². The number of benzene rings is 1. The van der Waals surface area contributed by atoms with E-state index in [0.717, 1.165) is 11.3 Å². The molecule has 1 amide bonds. The molecule has 0 radical (unpaired) electrons. The summed E-state index contributed by atoms with van der Waals surface area (Å²) in [5.74, 6) is -0.512. The Morgan fingerprint density at radius 1 is 1.27 bits per heavy atom. The largest absolute Gasteiger partial charge is 0.460 e. The van der Waals surface area contributed by atoms with Crippen LogP contribution >= 0.6 is 12.2 Å². The standard InChI is InChI=1S/C22H31N3O4S/c1-7-25-14(2)17(19(26)29-12-11-28-6)18(24-21(25)30)15-9-8-10-16(13-15)23-20(27)22(3,4)5/h8-10,13,18H,7,11-12H2,1-6H3,(H,23,27)(H,24,30)/t18-/m1/s1. The zero-order chi connectivity index (χ0) is 22.5. The SMILES string of the molecule is CCN1C(=S)N[C@H](c2cccc(NC(=O)C(C)(C)C)c2)C(C(=O)OCCOC)=C1C. The van der Waals surface area contributed by atoms with E-state index in [2.05, 4.69) is 10.6 Å². The Kier molecular flexibility index (Phi) is 7.97. The molecule has 1 atom stereocenters. The first-order valence-electron chi connectivity index (χ1n) is 9.96. The van der Waals surface area contributed by atoms with Gasteiger partial charge in [0.1, 0.15) is 6.61 Å². The highest BCUT2D eigenvalue weighted by Crippen LogP contribution is 2.32. The third-order valence-electron chi connectivity index (χ3n) is 4.81. The number of carbonyl (C=O) groups excluding carboxylic acids is 2. The van der Waals surface area contributed by atoms with Crippen molar-refractivity contribution in [1.29, 1.82) is 0 Å². The third-order valence-corrected chi connectivity index (χ3v) is 5.15. The number of nitrogens with one attached hydrogen (secondary N) is 2. The molecule has 0 aliphatic carbocycles. The van der Waals surface area contributed by atoms with Crippen LogP contribution in [0.4, 0.5) is 5.69 Å². The number of thiocarbonyl (C=S) groups is 1. The highest BCUT2D eigenvalue weighted by molar-refractivity contribution is 7.80. The number of amides is 1. The minimum absolute atomic E-state index is 0.0881. The molecular formula is C22H31N3O4S. The van der Waals surface area contributed by atoms with Crippen LogP contribution in [0.2, 0.25) is 0 Å². The Hall–Kier alpha value is -2.45. The fraction of sp³-hybridized carbons (Fsp3) is 0.500. The number of nitrogens with zero attached hydrogens (tertiary/aromatic N) is 1. The van der Waals surface area contributed by atoms with E-state index < -0.39 is 17.4 Å². The Labute approximate surface area is 183 Å². The number of ether oxygens (including phenoxy) is 2. The van der Waals surface area contributed by atoms with Gasteiger partial charge in [0.05, 0.1) is 18.2 Å². The first-order valence-corrected chi connectivity index (χ1v) is 10.4. The van der Waals surface area contributed by atoms with Gasteiger partial charge in [-0.15, -0.1) is 0 Å². The van der Waals surface area contributed by atoms with Crippen molar-refractivity contribution in [2.24, 2.45) is 5.41 Å². The summed E-state index contributed by atoms with van der Waals surface area (Å²) in [5, 5.41) is 6.72. The molecular weight excluding hydrogens is 402 g/mol. The van der Waals surface area contributed by atoms with Crippen LogP contribution < -0.4 is 10.6 Å². The van der Waals surface area contributed by atoms with Crippen LogP contribution in [-0.4, -0.2) is 48.8 Å². The number of hydrogen-bond acceptors (Lipinski definition) is 5. The number of carbonyl (C=O) groups is 2. The second-order valence-corrected chi connectivity index (χ2v) is 8.47. The minimum atomic E-state index is -0.519. The lowest BCUT2D eigenvalue weighted by Crippen LogP contribution is -2.47. The molecule has 8 heteroatoms. The average molecular weight is 434 g/mol. The molecule has 1 aliphatic rings. The molecule has 7 nitrogen and oxygen atoms in total. The van der Waals surface area contributed by atoms with E-state index in [0.29, 0.717) is 29.5 Å². The summed E-state index contributed by atoms with van der Waals surface area (Å²) in [4.78, 5) is 27.2. The first kappa shape index (κ1) is 23.8. The van der Waals surface area contributed by atoms with E-state index >= 15 is 0 Å². The summed E-state index contributed by atoms with van der Waals surface area (Å²) in [6, 6.07) is 6.92. The van der Waals surface area contributed by atoms with Crippen LogP contribution in [-0.2, 0) is 19.1 Å². The smallest absolute Gasteiger partial charge is 0.338 e. The topological polar surface area (TPSA) is 79.9 Å². The fourth-order valence-electron chi connectivity index (χ4n) is 3.09. The molecule has 0 fully saturated rings. The number of hydrogen-bond donors (Lipinski definition) is 2. The Morgan fingerprint density at radius 3 is 2.57 bits per heavy atom. The van der Waals surface area contributed by atoms with Crippen LogP contribution in [0.5, 0.6) is 0 Å². The van der Waals surface area contributed by atoms with Gasteiger partial charge in [-0.2, -0.15) is 0 Å². The van der Waals surface area contributed by atoms with Gasteiger partial charge in [0, 0.05) is 30.5 Å². The predicted molar refractivity (Wildman–Crippen MR) is 121 cm³/mol. The van der Waals surface area contributed by atoms with Crippen molar-refractivity contribution in [2.45, 2.75) is 40.7 Å². The molecule has 0 saturated heterocycles. The molecule has 1 heterocycles. The molecule has 0 saturated carbocycles. The van der Waals surface area contributed by atoms with Crippen molar-refractivity contribution in [1.82, 2.24) is 10.2 Å². The summed E-state index contributed by atoms with van der Waals surface area (Å²) >= 11 is 5.52. The van der Waals surface area contributed by atoms with Crippen LogP contribution in [0.15, 0.2) is 35.5 Å². The van der Waals surface area contributed by atoms with Crippen molar-refractivity contribution in [3.8, 4) is 0 Å². The van der Waals surface area contributed by atoms with Gasteiger partial charge in [-0.25, -0.2) is 4.79 Å². The number of rotatable bonds is 7. The highest BCUT2D eigenvalue weighted by atomic mass is 32.1. The van der Waals surface area contributed by atoms with E-state index in [-0.39, 0.29) is 12.5 Å². The van der Waals surface area contributed by atoms with Crippen molar-refractivity contribution >= 4 is 34.9 Å². The number of anilines is 1. The van der Waals surface area contributed by atoms with E-state index in [1.54, 1.807) is 7.11 Å². The maximum absolute atomic E-state index is 12.9. The fourth-order valence-corrected chi connectivity index (χ4v) is 3.47. The van der Waals surface area contributed by atoms with Gasteiger partial charge in [-0.3, -0.25) is 4.79 Å². The van der Waals surface area contributed by atoms with Gasteiger partial charge < -0.3 is 25.0 Å².